The van der Waals surface area contributed by atoms with Crippen molar-refractivity contribution in [3.8, 4) is 0 Å². The molecular formula is C9H11NO2S. The van der Waals surface area contributed by atoms with Crippen LogP contribution in [-0.2, 0) is 15.1 Å². The summed E-state index contributed by atoms with van der Waals surface area (Å²) >= 11 is 1.61. The van der Waals surface area contributed by atoms with Gasteiger partial charge in [-0.2, -0.15) is 0 Å². The highest BCUT2D eigenvalue weighted by molar-refractivity contribution is 7.12. The third-order valence-electron chi connectivity index (χ3n) is 2.21. The van der Waals surface area contributed by atoms with E-state index in [1.54, 1.807) is 24.5 Å². The van der Waals surface area contributed by atoms with Crippen LogP contribution in [0.1, 0.15) is 9.88 Å². The molecule has 1 saturated heterocycles. The van der Waals surface area contributed by atoms with Crippen molar-refractivity contribution in [3.63, 3.8) is 0 Å². The molecule has 13 heavy (non-hydrogen) atoms. The van der Waals surface area contributed by atoms with E-state index >= 15 is 0 Å². The number of rotatable bonds is 3. The summed E-state index contributed by atoms with van der Waals surface area (Å²) in [6, 6.07) is 0. The van der Waals surface area contributed by atoms with Crippen molar-refractivity contribution in [1.82, 2.24) is 4.98 Å². The fourth-order valence-electron chi connectivity index (χ4n) is 1.24. The number of thiazole rings is 1. The smallest absolute Gasteiger partial charge is 0.150 e. The van der Waals surface area contributed by atoms with E-state index in [-0.39, 0.29) is 5.60 Å². The Balaban J connectivity index is 2.27. The van der Waals surface area contributed by atoms with E-state index in [9.17, 15) is 0 Å². The molecule has 1 aliphatic rings. The average Bonchev–Trinajstić information content (AvgIpc) is 2.52. The Morgan fingerprint density at radius 3 is 2.92 bits per heavy atom. The summed E-state index contributed by atoms with van der Waals surface area (Å²) in [6.45, 7) is 4.93. The standard InChI is InChI=1S/C9H11NO2S/c1-3-8-10-4-7(13-8)9(11-2)5-12-6-9/h3-4H,1,5-6H2,2H3. The highest BCUT2D eigenvalue weighted by Crippen LogP contribution is 2.36. The van der Waals surface area contributed by atoms with E-state index in [2.05, 4.69) is 11.6 Å². The molecule has 70 valence electrons. The van der Waals surface area contributed by atoms with E-state index in [0.717, 1.165) is 9.88 Å². The zero-order valence-corrected chi connectivity index (χ0v) is 8.26. The molecule has 0 aromatic carbocycles. The third kappa shape index (κ3) is 1.31. The van der Waals surface area contributed by atoms with E-state index in [0.29, 0.717) is 13.2 Å². The lowest BCUT2D eigenvalue weighted by atomic mass is 10.0. The monoisotopic (exact) mass is 197 g/mol. The van der Waals surface area contributed by atoms with Gasteiger partial charge in [0.1, 0.15) is 10.6 Å². The molecule has 1 aromatic rings. The number of ether oxygens (including phenoxy) is 2. The number of methoxy groups -OCH3 is 1. The highest BCUT2D eigenvalue weighted by Gasteiger charge is 2.42. The van der Waals surface area contributed by atoms with Crippen molar-refractivity contribution in [1.29, 1.82) is 0 Å². The maximum absolute atomic E-state index is 5.43. The van der Waals surface area contributed by atoms with Crippen LogP contribution in [0, 0.1) is 0 Å². The van der Waals surface area contributed by atoms with Crippen molar-refractivity contribution in [2.45, 2.75) is 5.60 Å². The first kappa shape index (κ1) is 8.87. The molecular weight excluding hydrogens is 186 g/mol. The first-order valence-corrected chi connectivity index (χ1v) is 4.84. The van der Waals surface area contributed by atoms with Gasteiger partial charge in [0.2, 0.25) is 0 Å². The summed E-state index contributed by atoms with van der Waals surface area (Å²) in [7, 11) is 1.70. The molecule has 0 aliphatic carbocycles. The van der Waals surface area contributed by atoms with Gasteiger partial charge >= 0.3 is 0 Å². The molecule has 2 rings (SSSR count). The van der Waals surface area contributed by atoms with Crippen molar-refractivity contribution < 1.29 is 9.47 Å². The predicted molar refractivity (Wildman–Crippen MR) is 51.7 cm³/mol. The van der Waals surface area contributed by atoms with Crippen molar-refractivity contribution in [2.24, 2.45) is 0 Å². The second-order valence-electron chi connectivity index (χ2n) is 2.96. The highest BCUT2D eigenvalue weighted by atomic mass is 32.1. The molecule has 3 nitrogen and oxygen atoms in total. The molecule has 2 heterocycles. The lowest BCUT2D eigenvalue weighted by Crippen LogP contribution is -2.47. The van der Waals surface area contributed by atoms with Gasteiger partial charge in [0, 0.05) is 13.3 Å². The van der Waals surface area contributed by atoms with Gasteiger partial charge in [-0.3, -0.25) is 0 Å². The Labute approximate surface area is 81.0 Å². The molecule has 1 aliphatic heterocycles. The van der Waals surface area contributed by atoms with E-state index in [4.69, 9.17) is 9.47 Å². The number of aromatic nitrogens is 1. The molecule has 0 saturated carbocycles. The van der Waals surface area contributed by atoms with Gasteiger partial charge in [-0.25, -0.2) is 4.98 Å². The van der Waals surface area contributed by atoms with Gasteiger partial charge in [-0.1, -0.05) is 6.58 Å². The summed E-state index contributed by atoms with van der Waals surface area (Å²) in [5.41, 5.74) is -0.237. The number of nitrogens with zero attached hydrogens (tertiary/aromatic N) is 1. The second kappa shape index (κ2) is 3.21. The van der Waals surface area contributed by atoms with Gasteiger partial charge in [-0.05, 0) is 6.08 Å². The Morgan fingerprint density at radius 2 is 2.54 bits per heavy atom. The van der Waals surface area contributed by atoms with E-state index in [1.807, 2.05) is 6.20 Å². The minimum atomic E-state index is -0.237. The molecule has 0 unspecified atom stereocenters. The summed E-state index contributed by atoms with van der Waals surface area (Å²) in [4.78, 5) is 5.32. The fraction of sp³-hybridized carbons (Fsp3) is 0.444. The first-order valence-electron chi connectivity index (χ1n) is 4.02. The molecule has 0 atom stereocenters. The van der Waals surface area contributed by atoms with Crippen LogP contribution in [0.15, 0.2) is 12.8 Å². The van der Waals surface area contributed by atoms with Crippen LogP contribution < -0.4 is 0 Å². The minimum Gasteiger partial charge on any atom is -0.374 e. The first-order chi connectivity index (χ1) is 6.30. The zero-order valence-electron chi connectivity index (χ0n) is 7.45. The lowest BCUT2D eigenvalue weighted by molar-refractivity contribution is -0.200. The van der Waals surface area contributed by atoms with Crippen molar-refractivity contribution >= 4 is 17.4 Å². The van der Waals surface area contributed by atoms with E-state index in [1.165, 1.54) is 0 Å². The summed E-state index contributed by atoms with van der Waals surface area (Å²) in [6.07, 6.45) is 3.59. The summed E-state index contributed by atoms with van der Waals surface area (Å²) in [5, 5.41) is 0.929. The maximum atomic E-state index is 5.43. The largest absolute Gasteiger partial charge is 0.374 e. The van der Waals surface area contributed by atoms with Crippen molar-refractivity contribution in [2.75, 3.05) is 20.3 Å². The number of hydrogen-bond acceptors (Lipinski definition) is 4. The third-order valence-corrected chi connectivity index (χ3v) is 3.39. The second-order valence-corrected chi connectivity index (χ2v) is 4.02. The molecule has 0 bridgehead atoms. The topological polar surface area (TPSA) is 31.4 Å². The van der Waals surface area contributed by atoms with Crippen LogP contribution >= 0.6 is 11.3 Å². The minimum absolute atomic E-state index is 0.237. The van der Waals surface area contributed by atoms with Gasteiger partial charge in [0.05, 0.1) is 18.1 Å². The molecule has 0 spiro atoms. The summed E-state index contributed by atoms with van der Waals surface area (Å²) < 4.78 is 10.6. The lowest BCUT2D eigenvalue weighted by Gasteiger charge is -2.38. The maximum Gasteiger partial charge on any atom is 0.150 e. The Morgan fingerprint density at radius 1 is 1.77 bits per heavy atom. The van der Waals surface area contributed by atoms with E-state index < -0.39 is 0 Å². The van der Waals surface area contributed by atoms with Crippen LogP contribution in [0.25, 0.3) is 6.08 Å². The van der Waals surface area contributed by atoms with Crippen LogP contribution in [0.3, 0.4) is 0 Å². The fourth-order valence-corrected chi connectivity index (χ4v) is 2.15. The van der Waals surface area contributed by atoms with Crippen LogP contribution in [0.2, 0.25) is 0 Å². The Kier molecular flexibility index (Phi) is 2.19. The van der Waals surface area contributed by atoms with Crippen molar-refractivity contribution in [3.05, 3.63) is 22.7 Å². The van der Waals surface area contributed by atoms with Gasteiger partial charge < -0.3 is 9.47 Å². The van der Waals surface area contributed by atoms with Gasteiger partial charge in [0.25, 0.3) is 0 Å². The molecule has 1 fully saturated rings. The SMILES string of the molecule is C=Cc1ncc(C2(OC)COC2)s1. The van der Waals surface area contributed by atoms with Gasteiger partial charge in [0.15, 0.2) is 0 Å². The molecule has 0 radical (unpaired) electrons. The summed E-state index contributed by atoms with van der Waals surface area (Å²) in [5.74, 6) is 0. The molecule has 0 N–H and O–H groups in total. The van der Waals surface area contributed by atoms with Crippen LogP contribution in [-0.4, -0.2) is 25.3 Å². The Hall–Kier alpha value is -0.710. The normalized spacial score (nSPS) is 19.5. The Bertz CT molecular complexity index is 312. The van der Waals surface area contributed by atoms with Crippen LogP contribution in [0.4, 0.5) is 0 Å². The van der Waals surface area contributed by atoms with Gasteiger partial charge in [-0.15, -0.1) is 11.3 Å². The quantitative estimate of drug-likeness (QED) is 0.738. The average molecular weight is 197 g/mol. The van der Waals surface area contributed by atoms with Crippen LogP contribution in [0.5, 0.6) is 0 Å². The zero-order chi connectivity index (χ0) is 9.31. The predicted octanol–water partition coefficient (Wildman–Crippen LogP) is 1.66. The molecule has 1 aromatic heterocycles. The molecule has 4 heteroatoms. The molecule has 0 amide bonds. The number of hydrogen-bond donors (Lipinski definition) is 0.